The first-order chi connectivity index (χ1) is 9.06. The van der Waals surface area contributed by atoms with Gasteiger partial charge in [-0.2, -0.15) is 0 Å². The Balaban J connectivity index is 1.84. The maximum Gasteiger partial charge on any atom is 0.0377 e. The van der Waals surface area contributed by atoms with Gasteiger partial charge in [-0.15, -0.1) is 0 Å². The van der Waals surface area contributed by atoms with Crippen molar-refractivity contribution in [2.45, 2.75) is 65.3 Å². The summed E-state index contributed by atoms with van der Waals surface area (Å²) >= 11 is 0. The van der Waals surface area contributed by atoms with Gasteiger partial charge in [0.1, 0.15) is 0 Å². The van der Waals surface area contributed by atoms with Gasteiger partial charge in [0.05, 0.1) is 0 Å². The van der Waals surface area contributed by atoms with Crippen LogP contribution >= 0.6 is 0 Å². The van der Waals surface area contributed by atoms with Crippen LogP contribution in [0.25, 0.3) is 10.4 Å². The molecule has 0 aromatic carbocycles. The summed E-state index contributed by atoms with van der Waals surface area (Å²) in [5.41, 5.74) is 9.19. The highest BCUT2D eigenvalue weighted by molar-refractivity contribution is 5.05. The minimum atomic E-state index is 0.272. The van der Waals surface area contributed by atoms with Gasteiger partial charge >= 0.3 is 0 Å². The van der Waals surface area contributed by atoms with Gasteiger partial charge in [-0.3, -0.25) is 0 Å². The molecule has 0 saturated heterocycles. The number of nitrogens with zero attached hydrogens (tertiary/aromatic N) is 3. The predicted octanol–water partition coefficient (Wildman–Crippen LogP) is 5.17. The zero-order chi connectivity index (χ0) is 13.6. The Kier molecular flexibility index (Phi) is 3.29. The largest absolute Gasteiger partial charge is 0.0906 e. The van der Waals surface area contributed by atoms with Crippen LogP contribution in [0.2, 0.25) is 0 Å². The molecule has 5 unspecified atom stereocenters. The first-order valence-corrected chi connectivity index (χ1v) is 8.10. The van der Waals surface area contributed by atoms with Crippen LogP contribution in [-0.4, -0.2) is 6.04 Å². The topological polar surface area (TPSA) is 48.8 Å². The van der Waals surface area contributed by atoms with Crippen LogP contribution in [0.1, 0.15) is 59.3 Å². The van der Waals surface area contributed by atoms with Crippen molar-refractivity contribution in [3.05, 3.63) is 10.4 Å². The van der Waals surface area contributed by atoms with E-state index in [0.29, 0.717) is 5.41 Å². The minimum Gasteiger partial charge on any atom is -0.0906 e. The fourth-order valence-electron chi connectivity index (χ4n) is 6.14. The van der Waals surface area contributed by atoms with Gasteiger partial charge < -0.3 is 0 Å². The van der Waals surface area contributed by atoms with E-state index in [1.54, 1.807) is 0 Å². The van der Waals surface area contributed by atoms with Crippen LogP contribution < -0.4 is 0 Å². The lowest BCUT2D eigenvalue weighted by molar-refractivity contribution is -0.0478. The van der Waals surface area contributed by atoms with E-state index in [2.05, 4.69) is 30.8 Å². The van der Waals surface area contributed by atoms with Gasteiger partial charge in [0, 0.05) is 11.0 Å². The molecule has 3 saturated carbocycles. The van der Waals surface area contributed by atoms with E-state index in [1.165, 1.54) is 25.7 Å². The van der Waals surface area contributed by atoms with E-state index in [-0.39, 0.29) is 6.04 Å². The van der Waals surface area contributed by atoms with Crippen molar-refractivity contribution in [3.8, 4) is 0 Å². The smallest absolute Gasteiger partial charge is 0.0377 e. The molecule has 0 bridgehead atoms. The molecule has 0 radical (unpaired) electrons. The molecule has 3 fully saturated rings. The zero-order valence-electron chi connectivity index (χ0n) is 12.5. The summed E-state index contributed by atoms with van der Waals surface area (Å²) in [6.45, 7) is 7.50. The Labute approximate surface area is 116 Å². The zero-order valence-corrected chi connectivity index (χ0v) is 12.5. The maximum absolute atomic E-state index is 8.66. The van der Waals surface area contributed by atoms with Crippen molar-refractivity contribution in [2.75, 3.05) is 0 Å². The minimum absolute atomic E-state index is 0.272. The predicted molar refractivity (Wildman–Crippen MR) is 77.5 cm³/mol. The molecule has 3 heteroatoms. The third kappa shape index (κ3) is 1.98. The molecule has 3 nitrogen and oxygen atoms in total. The van der Waals surface area contributed by atoms with Gasteiger partial charge in [-0.25, -0.2) is 0 Å². The van der Waals surface area contributed by atoms with E-state index >= 15 is 0 Å². The molecule has 19 heavy (non-hydrogen) atoms. The Morgan fingerprint density at radius 3 is 2.63 bits per heavy atom. The molecule has 3 aliphatic carbocycles. The third-order valence-electron chi connectivity index (χ3n) is 6.88. The molecule has 0 heterocycles. The summed E-state index contributed by atoms with van der Waals surface area (Å²) in [5.74, 6) is 4.50. The summed E-state index contributed by atoms with van der Waals surface area (Å²) in [4.78, 5) is 3.04. The summed E-state index contributed by atoms with van der Waals surface area (Å²) in [6, 6.07) is 0.272. The van der Waals surface area contributed by atoms with Crippen LogP contribution in [0.4, 0.5) is 0 Å². The summed E-state index contributed by atoms with van der Waals surface area (Å²) in [7, 11) is 0. The number of rotatable bonds is 1. The third-order valence-corrected chi connectivity index (χ3v) is 6.88. The molecule has 106 valence electrons. The van der Waals surface area contributed by atoms with Crippen molar-refractivity contribution in [2.24, 2.45) is 40.1 Å². The van der Waals surface area contributed by atoms with Crippen molar-refractivity contribution in [3.63, 3.8) is 0 Å². The lowest BCUT2D eigenvalue weighted by Crippen LogP contribution is -2.48. The second kappa shape index (κ2) is 4.70. The molecule has 3 aliphatic rings. The Morgan fingerprint density at radius 2 is 1.89 bits per heavy atom. The van der Waals surface area contributed by atoms with E-state index in [0.717, 1.165) is 42.4 Å². The highest BCUT2D eigenvalue weighted by Crippen LogP contribution is 2.63. The van der Waals surface area contributed by atoms with Crippen molar-refractivity contribution in [1.29, 1.82) is 0 Å². The molecule has 3 rings (SSSR count). The lowest BCUT2D eigenvalue weighted by Gasteiger charge is -2.54. The number of hydrogen-bond acceptors (Lipinski definition) is 1. The fraction of sp³-hybridized carbons (Fsp3) is 1.00. The number of azide groups is 1. The van der Waals surface area contributed by atoms with Gasteiger partial charge in [0.2, 0.25) is 0 Å². The van der Waals surface area contributed by atoms with Crippen molar-refractivity contribution in [1.82, 2.24) is 0 Å². The standard InChI is InChI=1S/C16H27N3/c1-10-8-11(2)15-14(10)5-4-12-9-13(18-19-17)6-7-16(12,15)3/h10-15H,4-9H2,1-3H3/t10?,11?,12?,13-,14?,15?,16+/m1/s1. The van der Waals surface area contributed by atoms with Crippen LogP contribution in [0.15, 0.2) is 5.11 Å². The average molecular weight is 261 g/mol. The molecule has 0 aliphatic heterocycles. The van der Waals surface area contributed by atoms with Crippen molar-refractivity contribution >= 4 is 0 Å². The van der Waals surface area contributed by atoms with Gasteiger partial charge in [0.15, 0.2) is 0 Å². The van der Waals surface area contributed by atoms with Crippen LogP contribution in [0, 0.1) is 35.0 Å². The molecular formula is C16H27N3. The average Bonchev–Trinajstić information content (AvgIpc) is 2.66. The normalized spacial score (nSPS) is 53.0. The quantitative estimate of drug-likeness (QED) is 0.355. The number of fused-ring (bicyclic) bond motifs is 3. The fourth-order valence-corrected chi connectivity index (χ4v) is 6.14. The molecular weight excluding hydrogens is 234 g/mol. The van der Waals surface area contributed by atoms with Gasteiger partial charge in [-0.1, -0.05) is 25.9 Å². The first-order valence-electron chi connectivity index (χ1n) is 8.10. The second-order valence-electron chi connectivity index (χ2n) is 7.79. The monoisotopic (exact) mass is 261 g/mol. The molecule has 7 atom stereocenters. The van der Waals surface area contributed by atoms with E-state index < -0.39 is 0 Å². The SMILES string of the molecule is CC1CC(C)C2C1CCC1C[C@H](N=[N+]=[N-])CC[C@@]12C. The Hall–Kier alpha value is -0.690. The Morgan fingerprint density at radius 1 is 1.11 bits per heavy atom. The molecule has 0 N–H and O–H groups in total. The van der Waals surface area contributed by atoms with Gasteiger partial charge in [-0.05, 0) is 79.1 Å². The lowest BCUT2D eigenvalue weighted by atomic mass is 9.51. The maximum atomic E-state index is 8.66. The molecule has 0 amide bonds. The van der Waals surface area contributed by atoms with Gasteiger partial charge in [0.25, 0.3) is 0 Å². The van der Waals surface area contributed by atoms with E-state index in [1.807, 2.05) is 0 Å². The molecule has 0 aromatic rings. The highest BCUT2D eigenvalue weighted by Gasteiger charge is 2.55. The second-order valence-corrected chi connectivity index (χ2v) is 7.79. The van der Waals surface area contributed by atoms with Crippen LogP contribution in [-0.2, 0) is 0 Å². The van der Waals surface area contributed by atoms with Crippen LogP contribution in [0.3, 0.4) is 0 Å². The van der Waals surface area contributed by atoms with E-state index in [4.69, 9.17) is 5.53 Å². The summed E-state index contributed by atoms with van der Waals surface area (Å²) in [6.07, 6.45) is 7.74. The van der Waals surface area contributed by atoms with E-state index in [9.17, 15) is 0 Å². The van der Waals surface area contributed by atoms with Crippen molar-refractivity contribution < 1.29 is 0 Å². The summed E-state index contributed by atoms with van der Waals surface area (Å²) in [5, 5.41) is 4.01. The number of hydrogen-bond donors (Lipinski definition) is 0. The highest BCUT2D eigenvalue weighted by atomic mass is 15.1. The first kappa shape index (κ1) is 13.3. The molecule has 0 aromatic heterocycles. The summed E-state index contributed by atoms with van der Waals surface area (Å²) < 4.78 is 0. The Bertz CT molecular complexity index is 401. The molecule has 0 spiro atoms. The van der Waals surface area contributed by atoms with Crippen LogP contribution in [0.5, 0.6) is 0 Å².